The topological polar surface area (TPSA) is 0 Å². The molecule has 2 rings (SSSR count). The van der Waals surface area contributed by atoms with Crippen molar-refractivity contribution in [1.29, 1.82) is 0 Å². The van der Waals surface area contributed by atoms with Crippen molar-refractivity contribution < 1.29 is 0 Å². The Morgan fingerprint density at radius 3 is 2.32 bits per heavy atom. The lowest BCUT2D eigenvalue weighted by molar-refractivity contribution is 0.664. The fourth-order valence-electron chi connectivity index (χ4n) is 2.69. The Morgan fingerprint density at radius 2 is 1.68 bits per heavy atom. The molecular formula is C19H24. The minimum Gasteiger partial charge on any atom is -0.0654 e. The van der Waals surface area contributed by atoms with Crippen molar-refractivity contribution in [2.45, 2.75) is 46.5 Å². The van der Waals surface area contributed by atoms with Gasteiger partial charge < -0.3 is 0 Å². The second-order valence-corrected chi connectivity index (χ2v) is 5.57. The van der Waals surface area contributed by atoms with E-state index in [1.54, 1.807) is 0 Å². The predicted octanol–water partition coefficient (Wildman–Crippen LogP) is 5.87. The van der Waals surface area contributed by atoms with Crippen LogP contribution in [0.3, 0.4) is 0 Å². The van der Waals surface area contributed by atoms with Crippen LogP contribution in [0.4, 0.5) is 0 Å². The van der Waals surface area contributed by atoms with Gasteiger partial charge in [-0.05, 0) is 54.0 Å². The minimum absolute atomic E-state index is 0.645. The number of benzene rings is 2. The minimum atomic E-state index is 0.645. The van der Waals surface area contributed by atoms with Gasteiger partial charge in [0.1, 0.15) is 0 Å². The van der Waals surface area contributed by atoms with Gasteiger partial charge in [-0.3, -0.25) is 0 Å². The van der Waals surface area contributed by atoms with Crippen LogP contribution in [0.25, 0.3) is 11.1 Å². The van der Waals surface area contributed by atoms with Crippen molar-refractivity contribution >= 4 is 0 Å². The van der Waals surface area contributed by atoms with Gasteiger partial charge in [-0.1, -0.05) is 62.7 Å². The van der Waals surface area contributed by atoms with E-state index < -0.39 is 0 Å². The third-order valence-electron chi connectivity index (χ3n) is 4.07. The number of aryl methyl sites for hydroxylation is 1. The summed E-state index contributed by atoms with van der Waals surface area (Å²) < 4.78 is 0. The highest BCUT2D eigenvalue weighted by molar-refractivity contribution is 5.69. The fraction of sp³-hybridized carbons (Fsp3) is 0.368. The van der Waals surface area contributed by atoms with E-state index in [1.165, 1.54) is 40.7 Å². The molecule has 0 fully saturated rings. The molecule has 100 valence electrons. The van der Waals surface area contributed by atoms with Crippen LogP contribution < -0.4 is 0 Å². The van der Waals surface area contributed by atoms with Gasteiger partial charge in [-0.15, -0.1) is 0 Å². The van der Waals surface area contributed by atoms with Gasteiger partial charge in [0.05, 0.1) is 0 Å². The van der Waals surface area contributed by atoms with Crippen LogP contribution in [-0.2, 0) is 0 Å². The summed E-state index contributed by atoms with van der Waals surface area (Å²) in [6.07, 6.45) is 2.51. The van der Waals surface area contributed by atoms with Crippen molar-refractivity contribution in [3.8, 4) is 11.1 Å². The number of rotatable bonds is 4. The lowest BCUT2D eigenvalue weighted by Crippen LogP contribution is -1.97. The van der Waals surface area contributed by atoms with Crippen molar-refractivity contribution in [2.75, 3.05) is 0 Å². The van der Waals surface area contributed by atoms with Crippen LogP contribution in [0.15, 0.2) is 42.5 Å². The molecule has 0 spiro atoms. The SMILES string of the molecule is CCCC(C)c1cc(C)c(C)c(-c2ccccc2)c1. The Balaban J connectivity index is 2.49. The molecule has 19 heavy (non-hydrogen) atoms. The molecule has 0 nitrogen and oxygen atoms in total. The summed E-state index contributed by atoms with van der Waals surface area (Å²) in [7, 11) is 0. The third-order valence-corrected chi connectivity index (χ3v) is 4.07. The standard InChI is InChI=1S/C19H24/c1-5-9-14(2)18-12-15(3)16(4)19(13-18)17-10-7-6-8-11-17/h6-8,10-14H,5,9H2,1-4H3. The summed E-state index contributed by atoms with van der Waals surface area (Å²) in [5.74, 6) is 0.645. The predicted molar refractivity (Wildman–Crippen MR) is 84.7 cm³/mol. The van der Waals surface area contributed by atoms with Crippen LogP contribution in [0.1, 0.15) is 49.3 Å². The van der Waals surface area contributed by atoms with E-state index >= 15 is 0 Å². The first-order chi connectivity index (χ1) is 9.13. The molecule has 0 aliphatic heterocycles. The smallest absolute Gasteiger partial charge is 0.0149 e. The van der Waals surface area contributed by atoms with Crippen molar-refractivity contribution in [3.05, 3.63) is 59.2 Å². The Hall–Kier alpha value is -1.56. The molecule has 0 aliphatic carbocycles. The first-order valence-corrected chi connectivity index (χ1v) is 7.30. The van der Waals surface area contributed by atoms with Gasteiger partial charge in [0.15, 0.2) is 0 Å². The Morgan fingerprint density at radius 1 is 1.00 bits per heavy atom. The van der Waals surface area contributed by atoms with Crippen LogP contribution in [0, 0.1) is 13.8 Å². The molecule has 0 heteroatoms. The molecule has 2 aromatic carbocycles. The van der Waals surface area contributed by atoms with E-state index in [-0.39, 0.29) is 0 Å². The molecule has 0 aliphatic rings. The second kappa shape index (κ2) is 6.06. The van der Waals surface area contributed by atoms with Gasteiger partial charge in [0, 0.05) is 0 Å². The monoisotopic (exact) mass is 252 g/mol. The number of hydrogen-bond donors (Lipinski definition) is 0. The molecule has 1 unspecified atom stereocenters. The van der Waals surface area contributed by atoms with E-state index in [2.05, 4.69) is 70.2 Å². The van der Waals surface area contributed by atoms with Crippen molar-refractivity contribution in [2.24, 2.45) is 0 Å². The maximum absolute atomic E-state index is 2.39. The largest absolute Gasteiger partial charge is 0.0654 e. The summed E-state index contributed by atoms with van der Waals surface area (Å²) in [5, 5.41) is 0. The molecule has 0 saturated heterocycles. The fourth-order valence-corrected chi connectivity index (χ4v) is 2.69. The summed E-state index contributed by atoms with van der Waals surface area (Å²) in [4.78, 5) is 0. The van der Waals surface area contributed by atoms with E-state index in [0.29, 0.717) is 5.92 Å². The van der Waals surface area contributed by atoms with Gasteiger partial charge >= 0.3 is 0 Å². The van der Waals surface area contributed by atoms with Gasteiger partial charge in [0.2, 0.25) is 0 Å². The van der Waals surface area contributed by atoms with Crippen LogP contribution in [0.2, 0.25) is 0 Å². The Kier molecular flexibility index (Phi) is 4.42. The van der Waals surface area contributed by atoms with Crippen molar-refractivity contribution in [3.63, 3.8) is 0 Å². The number of hydrogen-bond acceptors (Lipinski definition) is 0. The molecule has 0 saturated carbocycles. The zero-order valence-corrected chi connectivity index (χ0v) is 12.5. The average molecular weight is 252 g/mol. The molecule has 0 heterocycles. The van der Waals surface area contributed by atoms with Crippen LogP contribution in [-0.4, -0.2) is 0 Å². The highest BCUT2D eigenvalue weighted by Crippen LogP contribution is 2.31. The molecule has 0 aromatic heterocycles. The quantitative estimate of drug-likeness (QED) is 0.638. The summed E-state index contributed by atoms with van der Waals surface area (Å²) in [5.41, 5.74) is 6.99. The Labute approximate surface area is 117 Å². The summed E-state index contributed by atoms with van der Waals surface area (Å²) in [6, 6.07) is 15.5. The first-order valence-electron chi connectivity index (χ1n) is 7.30. The maximum atomic E-state index is 2.39. The zero-order chi connectivity index (χ0) is 13.8. The normalized spacial score (nSPS) is 12.4. The zero-order valence-electron chi connectivity index (χ0n) is 12.5. The lowest BCUT2D eigenvalue weighted by Gasteiger charge is -2.17. The highest BCUT2D eigenvalue weighted by Gasteiger charge is 2.10. The third kappa shape index (κ3) is 3.07. The molecule has 0 amide bonds. The first kappa shape index (κ1) is 13.9. The molecule has 0 radical (unpaired) electrons. The van der Waals surface area contributed by atoms with E-state index in [4.69, 9.17) is 0 Å². The van der Waals surface area contributed by atoms with Crippen LogP contribution in [0.5, 0.6) is 0 Å². The second-order valence-electron chi connectivity index (χ2n) is 5.57. The summed E-state index contributed by atoms with van der Waals surface area (Å²) >= 11 is 0. The molecular weight excluding hydrogens is 228 g/mol. The molecule has 0 bridgehead atoms. The van der Waals surface area contributed by atoms with E-state index in [9.17, 15) is 0 Å². The molecule has 2 aromatic rings. The molecule has 0 N–H and O–H groups in total. The highest BCUT2D eigenvalue weighted by atomic mass is 14.2. The van der Waals surface area contributed by atoms with E-state index in [0.717, 1.165) is 0 Å². The van der Waals surface area contributed by atoms with Gasteiger partial charge in [0.25, 0.3) is 0 Å². The summed E-state index contributed by atoms with van der Waals surface area (Å²) in [6.45, 7) is 9.05. The Bertz CT molecular complexity index is 537. The molecule has 1 atom stereocenters. The van der Waals surface area contributed by atoms with Crippen LogP contribution >= 0.6 is 0 Å². The lowest BCUT2D eigenvalue weighted by atomic mass is 9.88. The maximum Gasteiger partial charge on any atom is -0.0149 e. The van der Waals surface area contributed by atoms with Crippen molar-refractivity contribution in [1.82, 2.24) is 0 Å². The van der Waals surface area contributed by atoms with Gasteiger partial charge in [-0.2, -0.15) is 0 Å². The average Bonchev–Trinajstić information content (AvgIpc) is 2.43. The van der Waals surface area contributed by atoms with E-state index in [1.807, 2.05) is 0 Å². The van der Waals surface area contributed by atoms with Gasteiger partial charge in [-0.25, -0.2) is 0 Å².